The van der Waals surface area contributed by atoms with Gasteiger partial charge in [0.2, 0.25) is 5.91 Å². The van der Waals surface area contributed by atoms with Gasteiger partial charge in [-0.1, -0.05) is 36.8 Å². The molecule has 6 nitrogen and oxygen atoms in total. The second-order valence-electron chi connectivity index (χ2n) is 8.70. The van der Waals surface area contributed by atoms with Crippen molar-refractivity contribution >= 4 is 11.8 Å². The van der Waals surface area contributed by atoms with E-state index < -0.39 is 6.04 Å². The second kappa shape index (κ2) is 10.5. The molecule has 1 aromatic carbocycles. The highest BCUT2D eigenvalue weighted by Gasteiger charge is 2.33. The molecule has 0 unspecified atom stereocenters. The molecule has 2 N–H and O–H groups in total. The van der Waals surface area contributed by atoms with Crippen LogP contribution in [0.15, 0.2) is 54.9 Å². The zero-order valence-electron chi connectivity index (χ0n) is 18.0. The molecule has 3 heterocycles. The largest absolute Gasteiger partial charge is 0.354 e. The van der Waals surface area contributed by atoms with Gasteiger partial charge >= 0.3 is 0 Å². The van der Waals surface area contributed by atoms with E-state index in [9.17, 15) is 9.59 Å². The summed E-state index contributed by atoms with van der Waals surface area (Å²) in [7, 11) is 0. The zero-order chi connectivity index (χ0) is 21.5. The SMILES string of the molecule is O=C(N[C@@H](Cc1ccccc1)C(=O)NC[C@@H]1CCCN2CCCC[C@H]12)c1cccnc1. The van der Waals surface area contributed by atoms with Gasteiger partial charge in [-0.25, -0.2) is 0 Å². The van der Waals surface area contributed by atoms with Crippen LogP contribution in [0.3, 0.4) is 0 Å². The average Bonchev–Trinajstić information content (AvgIpc) is 2.83. The normalized spacial score (nSPS) is 22.2. The smallest absolute Gasteiger partial charge is 0.253 e. The molecule has 31 heavy (non-hydrogen) atoms. The van der Waals surface area contributed by atoms with Gasteiger partial charge < -0.3 is 15.5 Å². The van der Waals surface area contributed by atoms with E-state index in [0.29, 0.717) is 30.5 Å². The molecule has 0 bridgehead atoms. The maximum absolute atomic E-state index is 13.2. The fourth-order valence-corrected chi connectivity index (χ4v) is 4.97. The Morgan fingerprint density at radius 1 is 1.03 bits per heavy atom. The summed E-state index contributed by atoms with van der Waals surface area (Å²) in [5.74, 6) is 0.0960. The molecule has 2 aliphatic rings. The van der Waals surface area contributed by atoms with Gasteiger partial charge in [0.1, 0.15) is 6.04 Å². The Balaban J connectivity index is 1.41. The van der Waals surface area contributed by atoms with Crippen LogP contribution in [0.1, 0.15) is 48.0 Å². The Labute approximate surface area is 184 Å². The number of aromatic nitrogens is 1. The monoisotopic (exact) mass is 420 g/mol. The third kappa shape index (κ3) is 5.70. The van der Waals surface area contributed by atoms with Crippen LogP contribution >= 0.6 is 0 Å². The molecule has 2 saturated heterocycles. The number of nitrogens with one attached hydrogen (secondary N) is 2. The predicted molar refractivity (Wildman–Crippen MR) is 121 cm³/mol. The van der Waals surface area contributed by atoms with Crippen molar-refractivity contribution in [1.82, 2.24) is 20.5 Å². The fraction of sp³-hybridized carbons (Fsp3) is 0.480. The Kier molecular flexibility index (Phi) is 7.30. The zero-order valence-corrected chi connectivity index (χ0v) is 18.0. The first-order valence-corrected chi connectivity index (χ1v) is 11.5. The van der Waals surface area contributed by atoms with Crippen molar-refractivity contribution in [2.24, 2.45) is 5.92 Å². The molecular formula is C25H32N4O2. The summed E-state index contributed by atoms with van der Waals surface area (Å²) < 4.78 is 0. The molecule has 0 radical (unpaired) electrons. The molecule has 6 heteroatoms. The standard InChI is InChI=1S/C25H32N4O2/c30-24(21-10-6-13-26-17-21)28-22(16-19-8-2-1-3-9-19)25(31)27-18-20-11-7-15-29-14-5-4-12-23(20)29/h1-3,6,8-10,13,17,20,22-23H,4-5,7,11-12,14-16,18H2,(H,27,31)(H,28,30)/t20-,22-,23+/m0/s1. The number of nitrogens with zero attached hydrogens (tertiary/aromatic N) is 2. The molecule has 2 aromatic rings. The van der Waals surface area contributed by atoms with Crippen molar-refractivity contribution in [3.05, 3.63) is 66.0 Å². The number of amides is 2. The summed E-state index contributed by atoms with van der Waals surface area (Å²) in [6.07, 6.45) is 9.76. The van der Waals surface area contributed by atoms with Crippen molar-refractivity contribution in [2.75, 3.05) is 19.6 Å². The quantitative estimate of drug-likeness (QED) is 0.722. The summed E-state index contributed by atoms with van der Waals surface area (Å²) in [6, 6.07) is 13.2. The summed E-state index contributed by atoms with van der Waals surface area (Å²) in [5.41, 5.74) is 1.48. The Hall–Kier alpha value is -2.73. The molecular weight excluding hydrogens is 388 g/mol. The van der Waals surface area contributed by atoms with Gasteiger partial charge in [-0.15, -0.1) is 0 Å². The average molecular weight is 421 g/mol. The molecule has 3 atom stereocenters. The highest BCUT2D eigenvalue weighted by Crippen LogP contribution is 2.30. The van der Waals surface area contributed by atoms with E-state index in [1.807, 2.05) is 30.3 Å². The maximum atomic E-state index is 13.2. The van der Waals surface area contributed by atoms with Gasteiger partial charge in [0, 0.05) is 31.4 Å². The Morgan fingerprint density at radius 3 is 2.68 bits per heavy atom. The topological polar surface area (TPSA) is 74.3 Å². The van der Waals surface area contributed by atoms with Crippen molar-refractivity contribution in [1.29, 1.82) is 0 Å². The lowest BCUT2D eigenvalue weighted by Gasteiger charge is -2.44. The lowest BCUT2D eigenvalue weighted by Crippen LogP contribution is -2.53. The first-order chi connectivity index (χ1) is 15.2. The molecule has 0 aliphatic carbocycles. The maximum Gasteiger partial charge on any atom is 0.253 e. The summed E-state index contributed by atoms with van der Waals surface area (Å²) in [6.45, 7) is 3.05. The third-order valence-corrected chi connectivity index (χ3v) is 6.60. The van der Waals surface area contributed by atoms with Crippen LogP contribution < -0.4 is 10.6 Å². The van der Waals surface area contributed by atoms with E-state index in [1.54, 1.807) is 18.3 Å². The first-order valence-electron chi connectivity index (χ1n) is 11.5. The molecule has 2 amide bonds. The number of hydrogen-bond donors (Lipinski definition) is 2. The minimum absolute atomic E-state index is 0.117. The lowest BCUT2D eigenvalue weighted by molar-refractivity contribution is -0.123. The van der Waals surface area contributed by atoms with Crippen LogP contribution in [0, 0.1) is 5.92 Å². The summed E-state index contributed by atoms with van der Waals surface area (Å²) in [5, 5.41) is 6.09. The van der Waals surface area contributed by atoms with Crippen molar-refractivity contribution in [3.63, 3.8) is 0 Å². The van der Waals surface area contributed by atoms with Gasteiger partial charge in [-0.2, -0.15) is 0 Å². The number of piperidine rings is 2. The number of benzene rings is 1. The number of carbonyl (C=O) groups excluding carboxylic acids is 2. The van der Waals surface area contributed by atoms with Crippen LogP contribution in [0.4, 0.5) is 0 Å². The van der Waals surface area contributed by atoms with E-state index in [1.165, 1.54) is 45.0 Å². The predicted octanol–water partition coefficient (Wildman–Crippen LogP) is 2.80. The van der Waals surface area contributed by atoms with Gasteiger partial charge in [0.25, 0.3) is 5.91 Å². The van der Waals surface area contributed by atoms with Gasteiger partial charge in [0.05, 0.1) is 5.56 Å². The highest BCUT2D eigenvalue weighted by molar-refractivity contribution is 5.97. The number of pyridine rings is 1. The van der Waals surface area contributed by atoms with E-state index >= 15 is 0 Å². The fourth-order valence-electron chi connectivity index (χ4n) is 4.97. The van der Waals surface area contributed by atoms with E-state index in [4.69, 9.17) is 0 Å². The first kappa shape index (κ1) is 21.5. The lowest BCUT2D eigenvalue weighted by atomic mass is 9.83. The van der Waals surface area contributed by atoms with Crippen LogP contribution in [0.25, 0.3) is 0 Å². The number of fused-ring (bicyclic) bond motifs is 1. The minimum atomic E-state index is -0.624. The number of hydrogen-bond acceptors (Lipinski definition) is 4. The van der Waals surface area contributed by atoms with Crippen LogP contribution in [0.2, 0.25) is 0 Å². The van der Waals surface area contributed by atoms with Crippen LogP contribution in [-0.2, 0) is 11.2 Å². The Morgan fingerprint density at radius 2 is 1.87 bits per heavy atom. The number of carbonyl (C=O) groups is 2. The van der Waals surface area contributed by atoms with E-state index in [2.05, 4.69) is 20.5 Å². The highest BCUT2D eigenvalue weighted by atomic mass is 16.2. The third-order valence-electron chi connectivity index (χ3n) is 6.60. The molecule has 4 rings (SSSR count). The summed E-state index contributed by atoms with van der Waals surface area (Å²) in [4.78, 5) is 32.5. The van der Waals surface area contributed by atoms with Crippen LogP contribution in [-0.4, -0.2) is 53.4 Å². The molecule has 2 aliphatic heterocycles. The van der Waals surface area contributed by atoms with Crippen molar-refractivity contribution in [2.45, 2.75) is 50.6 Å². The molecule has 1 aromatic heterocycles. The van der Waals surface area contributed by atoms with Crippen molar-refractivity contribution in [3.8, 4) is 0 Å². The minimum Gasteiger partial charge on any atom is -0.354 e. The number of rotatable bonds is 7. The van der Waals surface area contributed by atoms with E-state index in [-0.39, 0.29) is 11.8 Å². The van der Waals surface area contributed by atoms with Crippen molar-refractivity contribution < 1.29 is 9.59 Å². The van der Waals surface area contributed by atoms with Gasteiger partial charge in [-0.05, 0) is 62.4 Å². The second-order valence-corrected chi connectivity index (χ2v) is 8.70. The van der Waals surface area contributed by atoms with Crippen LogP contribution in [0.5, 0.6) is 0 Å². The van der Waals surface area contributed by atoms with Gasteiger partial charge in [-0.3, -0.25) is 14.6 Å². The van der Waals surface area contributed by atoms with Gasteiger partial charge in [0.15, 0.2) is 0 Å². The molecule has 2 fully saturated rings. The van der Waals surface area contributed by atoms with E-state index in [0.717, 1.165) is 12.0 Å². The summed E-state index contributed by atoms with van der Waals surface area (Å²) >= 11 is 0. The Bertz CT molecular complexity index is 856. The molecule has 164 valence electrons. The molecule has 0 spiro atoms. The molecule has 0 saturated carbocycles.